The number of furan rings is 1. The molecule has 2 N–H and O–H groups in total. The van der Waals surface area contributed by atoms with E-state index in [1.807, 2.05) is 30.3 Å². The van der Waals surface area contributed by atoms with Gasteiger partial charge in [0.2, 0.25) is 0 Å². The molecule has 5 rings (SSSR count). The standard InChI is InChI=1S/C25H15ClF3N3O2/c26-20-8-5-17(25(27,28)29)12-19(20)22-9-10-23(34-22)24(33)31-18-6-3-14(4-7-18)15-1-2-16-13-30-32-21(16)11-15/h1-13H,(H,30,32)(H,31,33). The molecule has 2 heterocycles. The lowest BCUT2D eigenvalue weighted by Gasteiger charge is -2.09. The number of nitrogens with zero attached hydrogens (tertiary/aromatic N) is 1. The number of anilines is 1. The Morgan fingerprint density at radius 3 is 2.47 bits per heavy atom. The summed E-state index contributed by atoms with van der Waals surface area (Å²) in [5.74, 6) is -0.538. The molecule has 9 heteroatoms. The van der Waals surface area contributed by atoms with Gasteiger partial charge in [0.25, 0.3) is 5.91 Å². The SMILES string of the molecule is O=C(Nc1ccc(-c2ccc3cn[nH]c3c2)cc1)c1ccc(-c2cc(C(F)(F)F)ccc2Cl)o1. The van der Waals surface area contributed by atoms with Gasteiger partial charge < -0.3 is 9.73 Å². The van der Waals surface area contributed by atoms with Crippen molar-refractivity contribution in [2.45, 2.75) is 6.18 Å². The minimum absolute atomic E-state index is 0.0501. The quantitative estimate of drug-likeness (QED) is 0.280. The van der Waals surface area contributed by atoms with Crippen molar-refractivity contribution in [3.8, 4) is 22.5 Å². The van der Waals surface area contributed by atoms with E-state index in [0.717, 1.165) is 40.2 Å². The predicted octanol–water partition coefficient (Wildman–Crippen LogP) is 7.41. The van der Waals surface area contributed by atoms with Crippen LogP contribution >= 0.6 is 11.6 Å². The molecule has 0 saturated heterocycles. The van der Waals surface area contributed by atoms with Gasteiger partial charge in [0, 0.05) is 16.6 Å². The summed E-state index contributed by atoms with van der Waals surface area (Å²) in [5.41, 5.74) is 2.59. The van der Waals surface area contributed by atoms with E-state index < -0.39 is 17.6 Å². The van der Waals surface area contributed by atoms with Crippen LogP contribution in [0.3, 0.4) is 0 Å². The first-order valence-electron chi connectivity index (χ1n) is 10.1. The van der Waals surface area contributed by atoms with E-state index in [1.165, 1.54) is 12.1 Å². The predicted molar refractivity (Wildman–Crippen MR) is 124 cm³/mol. The van der Waals surface area contributed by atoms with Crippen molar-refractivity contribution < 1.29 is 22.4 Å². The number of amides is 1. The van der Waals surface area contributed by atoms with Crippen LogP contribution in [0.25, 0.3) is 33.4 Å². The average molecular weight is 482 g/mol. The number of aromatic nitrogens is 2. The van der Waals surface area contributed by atoms with Crippen molar-refractivity contribution in [2.24, 2.45) is 0 Å². The van der Waals surface area contributed by atoms with Crippen molar-refractivity contribution in [2.75, 3.05) is 5.32 Å². The van der Waals surface area contributed by atoms with E-state index in [0.29, 0.717) is 5.69 Å². The molecule has 0 aliphatic rings. The molecule has 0 unspecified atom stereocenters. The van der Waals surface area contributed by atoms with E-state index in [4.69, 9.17) is 16.0 Å². The number of H-pyrrole nitrogens is 1. The van der Waals surface area contributed by atoms with Gasteiger partial charge in [-0.15, -0.1) is 0 Å². The number of rotatable bonds is 4. The number of halogens is 4. The lowest BCUT2D eigenvalue weighted by atomic mass is 10.0. The zero-order valence-corrected chi connectivity index (χ0v) is 18.0. The molecule has 0 aliphatic carbocycles. The number of hydrogen-bond acceptors (Lipinski definition) is 3. The van der Waals surface area contributed by atoms with Crippen molar-refractivity contribution in [3.05, 3.63) is 95.3 Å². The molecule has 5 aromatic rings. The third-order valence-electron chi connectivity index (χ3n) is 5.31. The molecule has 1 amide bonds. The van der Waals surface area contributed by atoms with Crippen LogP contribution < -0.4 is 5.32 Å². The lowest BCUT2D eigenvalue weighted by Crippen LogP contribution is -2.10. The summed E-state index contributed by atoms with van der Waals surface area (Å²) < 4.78 is 44.6. The summed E-state index contributed by atoms with van der Waals surface area (Å²) in [7, 11) is 0. The maximum Gasteiger partial charge on any atom is 0.416 e. The van der Waals surface area contributed by atoms with E-state index >= 15 is 0 Å². The van der Waals surface area contributed by atoms with Gasteiger partial charge in [-0.2, -0.15) is 18.3 Å². The zero-order valence-electron chi connectivity index (χ0n) is 17.3. The Hall–Kier alpha value is -4.04. The molecule has 5 nitrogen and oxygen atoms in total. The highest BCUT2D eigenvalue weighted by Crippen LogP contribution is 2.36. The summed E-state index contributed by atoms with van der Waals surface area (Å²) in [6, 6.07) is 18.9. The van der Waals surface area contributed by atoms with Crippen LogP contribution in [0.5, 0.6) is 0 Å². The monoisotopic (exact) mass is 481 g/mol. The van der Waals surface area contributed by atoms with Gasteiger partial charge in [0.15, 0.2) is 5.76 Å². The highest BCUT2D eigenvalue weighted by Gasteiger charge is 2.31. The smallest absolute Gasteiger partial charge is 0.416 e. The summed E-state index contributed by atoms with van der Waals surface area (Å²) in [6.45, 7) is 0. The molecule has 3 aromatic carbocycles. The molecule has 34 heavy (non-hydrogen) atoms. The number of aromatic amines is 1. The number of fused-ring (bicyclic) bond motifs is 1. The molecular formula is C25H15ClF3N3O2. The van der Waals surface area contributed by atoms with E-state index in [1.54, 1.807) is 18.3 Å². The molecule has 0 fully saturated rings. The maximum atomic E-state index is 13.0. The Kier molecular flexibility index (Phi) is 5.37. The Morgan fingerprint density at radius 2 is 1.71 bits per heavy atom. The average Bonchev–Trinajstić information content (AvgIpc) is 3.48. The fourth-order valence-corrected chi connectivity index (χ4v) is 3.76. The summed E-state index contributed by atoms with van der Waals surface area (Å²) >= 11 is 6.06. The lowest BCUT2D eigenvalue weighted by molar-refractivity contribution is -0.137. The third-order valence-corrected chi connectivity index (χ3v) is 5.64. The number of hydrogen-bond donors (Lipinski definition) is 2. The van der Waals surface area contributed by atoms with Crippen LogP contribution in [-0.4, -0.2) is 16.1 Å². The van der Waals surface area contributed by atoms with E-state index in [2.05, 4.69) is 15.5 Å². The van der Waals surface area contributed by atoms with Gasteiger partial charge >= 0.3 is 6.18 Å². The van der Waals surface area contributed by atoms with Crippen LogP contribution in [0.1, 0.15) is 16.1 Å². The van der Waals surface area contributed by atoms with Gasteiger partial charge in [-0.05, 0) is 59.7 Å². The van der Waals surface area contributed by atoms with Gasteiger partial charge in [0.1, 0.15) is 5.76 Å². The highest BCUT2D eigenvalue weighted by molar-refractivity contribution is 6.33. The van der Waals surface area contributed by atoms with Gasteiger partial charge in [-0.1, -0.05) is 35.9 Å². The number of carbonyl (C=O) groups excluding carboxylic acids is 1. The first-order chi connectivity index (χ1) is 16.3. The van der Waals surface area contributed by atoms with Gasteiger partial charge in [-0.25, -0.2) is 0 Å². The van der Waals surface area contributed by atoms with Gasteiger partial charge in [0.05, 0.1) is 22.3 Å². The molecule has 0 bridgehead atoms. The van der Waals surface area contributed by atoms with Crippen LogP contribution in [0, 0.1) is 0 Å². The molecule has 0 radical (unpaired) electrons. The van der Waals surface area contributed by atoms with Crippen LogP contribution in [0.2, 0.25) is 5.02 Å². The molecular weight excluding hydrogens is 467 g/mol. The minimum atomic E-state index is -4.53. The summed E-state index contributed by atoms with van der Waals surface area (Å²) in [5, 5.41) is 10.8. The Labute approximate surface area is 196 Å². The zero-order chi connectivity index (χ0) is 23.9. The van der Waals surface area contributed by atoms with Crippen molar-refractivity contribution in [3.63, 3.8) is 0 Å². The van der Waals surface area contributed by atoms with E-state index in [-0.39, 0.29) is 22.1 Å². The number of carbonyl (C=O) groups is 1. The molecule has 2 aromatic heterocycles. The Balaban J connectivity index is 1.33. The second-order valence-electron chi connectivity index (χ2n) is 7.56. The van der Waals surface area contributed by atoms with Crippen molar-refractivity contribution in [1.29, 1.82) is 0 Å². The van der Waals surface area contributed by atoms with E-state index in [9.17, 15) is 18.0 Å². The first kappa shape index (κ1) is 21.8. The molecule has 0 atom stereocenters. The Morgan fingerprint density at radius 1 is 0.941 bits per heavy atom. The maximum absolute atomic E-state index is 13.0. The third kappa shape index (κ3) is 4.27. The van der Waals surface area contributed by atoms with Crippen LogP contribution in [0.4, 0.5) is 18.9 Å². The second kappa shape index (κ2) is 8.39. The molecule has 0 saturated carbocycles. The molecule has 170 valence electrons. The minimum Gasteiger partial charge on any atom is -0.451 e. The van der Waals surface area contributed by atoms with Crippen LogP contribution in [-0.2, 0) is 6.18 Å². The molecule has 0 aliphatic heterocycles. The Bertz CT molecular complexity index is 1500. The summed E-state index contributed by atoms with van der Waals surface area (Å²) in [4.78, 5) is 12.6. The summed E-state index contributed by atoms with van der Waals surface area (Å²) in [6.07, 6.45) is -2.78. The fourth-order valence-electron chi connectivity index (χ4n) is 3.55. The fraction of sp³-hybridized carbons (Fsp3) is 0.0400. The number of benzene rings is 3. The largest absolute Gasteiger partial charge is 0.451 e. The number of nitrogens with one attached hydrogen (secondary N) is 2. The first-order valence-corrected chi connectivity index (χ1v) is 10.5. The second-order valence-corrected chi connectivity index (χ2v) is 7.97. The van der Waals surface area contributed by atoms with Gasteiger partial charge in [-0.3, -0.25) is 9.89 Å². The molecule has 0 spiro atoms. The van der Waals surface area contributed by atoms with Crippen molar-refractivity contribution in [1.82, 2.24) is 10.2 Å². The topological polar surface area (TPSA) is 70.9 Å². The van der Waals surface area contributed by atoms with Crippen LogP contribution in [0.15, 0.2) is 83.4 Å². The number of alkyl halides is 3. The normalized spacial score (nSPS) is 11.6. The highest BCUT2D eigenvalue weighted by atomic mass is 35.5. The van der Waals surface area contributed by atoms with Crippen molar-refractivity contribution >= 4 is 34.1 Å².